The maximum Gasteiger partial charge on any atom is 0.410 e. The van der Waals surface area contributed by atoms with Crippen molar-refractivity contribution in [3.63, 3.8) is 0 Å². The summed E-state index contributed by atoms with van der Waals surface area (Å²) >= 11 is 0. The molecule has 4 nitrogen and oxygen atoms in total. The van der Waals surface area contributed by atoms with E-state index in [0.29, 0.717) is 0 Å². The van der Waals surface area contributed by atoms with Gasteiger partial charge in [0, 0.05) is 6.42 Å². The summed E-state index contributed by atoms with van der Waals surface area (Å²) in [6.07, 6.45) is -4.46. The van der Waals surface area contributed by atoms with Gasteiger partial charge < -0.3 is 9.84 Å². The minimum Gasteiger partial charge on any atom is -0.444 e. The summed E-state index contributed by atoms with van der Waals surface area (Å²) in [5.74, 6) is 0. The molecule has 1 fully saturated rings. The number of alkyl halides is 2. The van der Waals surface area contributed by atoms with E-state index in [-0.39, 0.29) is 13.0 Å². The Morgan fingerprint density at radius 3 is 2.50 bits per heavy atom. The van der Waals surface area contributed by atoms with Crippen LogP contribution in [0.1, 0.15) is 27.2 Å². The standard InChI is InChI=1S/C10H17F2NO3/c1-10(2,3)16-9(15)13-5-6(14)4-7(13)8(11)12/h6-8,14H,4-5H2,1-3H3/t6-,7-/m1/s1. The molecule has 0 aromatic heterocycles. The van der Waals surface area contributed by atoms with Crippen molar-refractivity contribution in [3.05, 3.63) is 0 Å². The number of likely N-dealkylation sites (tertiary alicyclic amines) is 1. The molecule has 1 N–H and O–H groups in total. The fourth-order valence-electron chi connectivity index (χ4n) is 1.61. The first-order valence-electron chi connectivity index (χ1n) is 5.16. The number of aliphatic hydroxyl groups excluding tert-OH is 1. The van der Waals surface area contributed by atoms with Gasteiger partial charge in [0.05, 0.1) is 18.7 Å². The van der Waals surface area contributed by atoms with Gasteiger partial charge in [-0.15, -0.1) is 0 Å². The molecule has 0 saturated carbocycles. The number of hydrogen-bond acceptors (Lipinski definition) is 3. The highest BCUT2D eigenvalue weighted by Crippen LogP contribution is 2.25. The second kappa shape index (κ2) is 4.53. The topological polar surface area (TPSA) is 49.8 Å². The van der Waals surface area contributed by atoms with Gasteiger partial charge in [-0.3, -0.25) is 4.90 Å². The summed E-state index contributed by atoms with van der Waals surface area (Å²) in [5, 5.41) is 9.28. The van der Waals surface area contributed by atoms with Crippen LogP contribution in [0.3, 0.4) is 0 Å². The van der Waals surface area contributed by atoms with Crippen molar-refractivity contribution >= 4 is 6.09 Å². The number of halogens is 2. The third kappa shape index (κ3) is 3.30. The first-order chi connectivity index (χ1) is 7.20. The first-order valence-corrected chi connectivity index (χ1v) is 5.16. The zero-order valence-electron chi connectivity index (χ0n) is 9.61. The van der Waals surface area contributed by atoms with Gasteiger partial charge in [-0.05, 0) is 20.8 Å². The van der Waals surface area contributed by atoms with Crippen molar-refractivity contribution in [2.24, 2.45) is 0 Å². The van der Waals surface area contributed by atoms with Gasteiger partial charge in [-0.2, -0.15) is 0 Å². The third-order valence-electron chi connectivity index (χ3n) is 2.24. The van der Waals surface area contributed by atoms with Crippen LogP contribution in [0.4, 0.5) is 13.6 Å². The highest BCUT2D eigenvalue weighted by molar-refractivity contribution is 5.69. The number of rotatable bonds is 1. The lowest BCUT2D eigenvalue weighted by atomic mass is 10.2. The molecular weight excluding hydrogens is 220 g/mol. The van der Waals surface area contributed by atoms with E-state index in [2.05, 4.69) is 0 Å². The molecule has 0 aromatic carbocycles. The zero-order valence-corrected chi connectivity index (χ0v) is 9.61. The Labute approximate surface area is 93.2 Å². The van der Waals surface area contributed by atoms with Crippen molar-refractivity contribution in [2.75, 3.05) is 6.54 Å². The van der Waals surface area contributed by atoms with Crippen LogP contribution in [0.5, 0.6) is 0 Å². The molecular formula is C10H17F2NO3. The average Bonchev–Trinajstić information content (AvgIpc) is 2.44. The molecule has 1 amide bonds. The number of ether oxygens (including phenoxy) is 1. The lowest BCUT2D eigenvalue weighted by Gasteiger charge is -2.27. The average molecular weight is 237 g/mol. The minimum absolute atomic E-state index is 0.0933. The predicted molar refractivity (Wildman–Crippen MR) is 53.4 cm³/mol. The smallest absolute Gasteiger partial charge is 0.410 e. The van der Waals surface area contributed by atoms with E-state index >= 15 is 0 Å². The number of hydrogen-bond donors (Lipinski definition) is 1. The third-order valence-corrected chi connectivity index (χ3v) is 2.24. The number of β-amino-alcohol motifs (C(OH)–C–C–N with tert-alkyl or cyclic N) is 1. The molecule has 0 aromatic rings. The molecule has 1 rings (SSSR count). The van der Waals surface area contributed by atoms with Gasteiger partial charge in [0.15, 0.2) is 0 Å². The van der Waals surface area contributed by atoms with Crippen LogP contribution in [0.2, 0.25) is 0 Å². The van der Waals surface area contributed by atoms with Crippen LogP contribution in [0.15, 0.2) is 0 Å². The quantitative estimate of drug-likeness (QED) is 0.754. The number of amides is 1. The van der Waals surface area contributed by atoms with Gasteiger partial charge in [0.2, 0.25) is 0 Å². The minimum atomic E-state index is -2.66. The Morgan fingerprint density at radius 2 is 2.06 bits per heavy atom. The van der Waals surface area contributed by atoms with E-state index in [0.717, 1.165) is 4.90 Å². The summed E-state index contributed by atoms with van der Waals surface area (Å²) in [5.41, 5.74) is -0.725. The SMILES string of the molecule is CC(C)(C)OC(=O)N1C[C@H](O)C[C@@H]1C(F)F. The predicted octanol–water partition coefficient (Wildman–Crippen LogP) is 1.62. The van der Waals surface area contributed by atoms with Crippen LogP contribution in [-0.2, 0) is 4.74 Å². The Balaban J connectivity index is 2.67. The van der Waals surface area contributed by atoms with Crippen molar-refractivity contribution in [1.82, 2.24) is 4.90 Å². The second-order valence-electron chi connectivity index (χ2n) is 4.92. The molecule has 1 aliphatic heterocycles. The second-order valence-corrected chi connectivity index (χ2v) is 4.92. The van der Waals surface area contributed by atoms with Crippen molar-refractivity contribution in [1.29, 1.82) is 0 Å². The van der Waals surface area contributed by atoms with Crippen LogP contribution in [0, 0.1) is 0 Å². The largest absolute Gasteiger partial charge is 0.444 e. The van der Waals surface area contributed by atoms with Gasteiger partial charge in [-0.1, -0.05) is 0 Å². The van der Waals surface area contributed by atoms with Gasteiger partial charge >= 0.3 is 6.09 Å². The number of nitrogens with zero attached hydrogens (tertiary/aromatic N) is 1. The normalized spacial score (nSPS) is 26.3. The van der Waals surface area contributed by atoms with Crippen LogP contribution < -0.4 is 0 Å². The summed E-state index contributed by atoms with van der Waals surface area (Å²) in [7, 11) is 0. The first kappa shape index (κ1) is 13.2. The van der Waals surface area contributed by atoms with Gasteiger partial charge in [-0.25, -0.2) is 13.6 Å². The summed E-state index contributed by atoms with van der Waals surface area (Å²) < 4.78 is 30.2. The van der Waals surface area contributed by atoms with Crippen molar-refractivity contribution in [3.8, 4) is 0 Å². The van der Waals surface area contributed by atoms with E-state index in [9.17, 15) is 18.7 Å². The lowest BCUT2D eigenvalue weighted by Crippen LogP contribution is -2.43. The number of aliphatic hydroxyl groups is 1. The van der Waals surface area contributed by atoms with Crippen LogP contribution in [0.25, 0.3) is 0 Å². The molecule has 1 heterocycles. The molecule has 1 aliphatic rings. The Bertz CT molecular complexity index is 265. The fraction of sp³-hybridized carbons (Fsp3) is 0.900. The fourth-order valence-corrected chi connectivity index (χ4v) is 1.61. The molecule has 2 atom stereocenters. The van der Waals surface area contributed by atoms with Crippen molar-refractivity contribution < 1.29 is 23.4 Å². The molecule has 94 valence electrons. The summed E-state index contributed by atoms with van der Waals surface area (Å²) in [6, 6.07) is -1.25. The molecule has 0 unspecified atom stereocenters. The molecule has 0 spiro atoms. The van der Waals surface area contributed by atoms with Gasteiger partial charge in [0.25, 0.3) is 6.43 Å². The molecule has 16 heavy (non-hydrogen) atoms. The zero-order chi connectivity index (χ0) is 12.5. The molecule has 0 radical (unpaired) electrons. The van der Waals surface area contributed by atoms with E-state index < -0.39 is 30.3 Å². The number of carbonyl (C=O) groups excluding carboxylic acids is 1. The Kier molecular flexibility index (Phi) is 3.72. The molecule has 6 heteroatoms. The monoisotopic (exact) mass is 237 g/mol. The summed E-state index contributed by atoms with van der Waals surface area (Å²) in [4.78, 5) is 12.5. The van der Waals surface area contributed by atoms with Crippen molar-refractivity contribution in [2.45, 2.75) is 51.4 Å². The lowest BCUT2D eigenvalue weighted by molar-refractivity contribution is -0.00250. The molecule has 0 bridgehead atoms. The highest BCUT2D eigenvalue weighted by atomic mass is 19.3. The molecule has 1 saturated heterocycles. The van der Waals surface area contributed by atoms with E-state index in [1.165, 1.54) is 0 Å². The van der Waals surface area contributed by atoms with E-state index in [1.54, 1.807) is 20.8 Å². The van der Waals surface area contributed by atoms with Gasteiger partial charge in [0.1, 0.15) is 5.60 Å². The van der Waals surface area contributed by atoms with E-state index in [4.69, 9.17) is 4.74 Å². The van der Waals surface area contributed by atoms with E-state index in [1.807, 2.05) is 0 Å². The maximum absolute atomic E-state index is 12.6. The summed E-state index contributed by atoms with van der Waals surface area (Å²) in [6.45, 7) is 4.89. The maximum atomic E-state index is 12.6. The Morgan fingerprint density at radius 1 is 1.50 bits per heavy atom. The Hall–Kier alpha value is -0.910. The molecule has 0 aliphatic carbocycles. The van der Waals surface area contributed by atoms with Crippen LogP contribution in [-0.4, -0.2) is 46.8 Å². The highest BCUT2D eigenvalue weighted by Gasteiger charge is 2.41. The van der Waals surface area contributed by atoms with Crippen LogP contribution >= 0.6 is 0 Å². The number of carbonyl (C=O) groups is 1.